The van der Waals surface area contributed by atoms with Gasteiger partial charge in [0, 0.05) is 20.1 Å². The van der Waals surface area contributed by atoms with Crippen molar-refractivity contribution < 1.29 is 0 Å². The molecule has 6 heteroatoms. The summed E-state index contributed by atoms with van der Waals surface area (Å²) in [6.45, 7) is 4.28. The Hall–Kier alpha value is -1.30. The maximum atomic E-state index is 5.48. The maximum Gasteiger partial charge on any atom is 0.198 e. The number of aryl methyl sites for hydroxylation is 2. The van der Waals surface area contributed by atoms with Gasteiger partial charge in [0.25, 0.3) is 0 Å². The van der Waals surface area contributed by atoms with E-state index in [2.05, 4.69) is 26.7 Å². The third kappa shape index (κ3) is 1.67. The lowest BCUT2D eigenvalue weighted by Gasteiger charge is -2.29. The molecule has 1 aliphatic rings. The fourth-order valence-electron chi connectivity index (χ4n) is 2.78. The van der Waals surface area contributed by atoms with E-state index in [-0.39, 0.29) is 0 Å². The zero-order valence-electron chi connectivity index (χ0n) is 10.9. The summed E-state index contributed by atoms with van der Waals surface area (Å²) < 4.78 is 4.86. The number of hydrogen-bond donors (Lipinski definition) is 1. The Morgan fingerprint density at radius 2 is 2.00 bits per heavy atom. The van der Waals surface area contributed by atoms with Gasteiger partial charge in [-0.05, 0) is 37.9 Å². The van der Waals surface area contributed by atoms with Gasteiger partial charge in [-0.3, -0.25) is 0 Å². The van der Waals surface area contributed by atoms with Gasteiger partial charge in [0.15, 0.2) is 10.4 Å². The lowest BCUT2D eigenvalue weighted by Crippen LogP contribution is -2.39. The van der Waals surface area contributed by atoms with E-state index in [9.17, 15) is 0 Å². The highest BCUT2D eigenvalue weighted by Gasteiger charge is 2.19. The lowest BCUT2D eigenvalue weighted by atomic mass is 10.2. The van der Waals surface area contributed by atoms with Crippen molar-refractivity contribution in [1.29, 1.82) is 0 Å². The molecule has 0 atom stereocenters. The van der Waals surface area contributed by atoms with Gasteiger partial charge in [-0.25, -0.2) is 9.36 Å². The van der Waals surface area contributed by atoms with E-state index in [1.807, 2.05) is 11.7 Å². The van der Waals surface area contributed by atoms with Crippen LogP contribution in [0, 0.1) is 4.77 Å². The third-order valence-electron chi connectivity index (χ3n) is 3.66. The number of aromatic nitrogens is 4. The Kier molecular flexibility index (Phi) is 2.89. The molecular weight excluding hydrogens is 246 g/mol. The first-order valence-electron chi connectivity index (χ1n) is 6.64. The van der Waals surface area contributed by atoms with Gasteiger partial charge in [0.05, 0.1) is 5.69 Å². The highest BCUT2D eigenvalue weighted by molar-refractivity contribution is 7.71. The van der Waals surface area contributed by atoms with Gasteiger partial charge in [-0.2, -0.15) is 5.10 Å². The van der Waals surface area contributed by atoms with Gasteiger partial charge in [0.2, 0.25) is 0 Å². The molecule has 0 bridgehead atoms. The Labute approximate surface area is 111 Å². The van der Waals surface area contributed by atoms with Crippen LogP contribution in [0.3, 0.4) is 0 Å². The van der Waals surface area contributed by atoms with Crippen LogP contribution >= 0.6 is 12.2 Å². The van der Waals surface area contributed by atoms with Crippen molar-refractivity contribution in [1.82, 2.24) is 19.4 Å². The van der Waals surface area contributed by atoms with Crippen molar-refractivity contribution in [2.24, 2.45) is 7.05 Å². The van der Waals surface area contributed by atoms with E-state index < -0.39 is 0 Å². The minimum atomic E-state index is 0.787. The molecule has 1 N–H and O–H groups in total. The number of piperidine rings is 1. The molecule has 1 saturated heterocycles. The van der Waals surface area contributed by atoms with Crippen molar-refractivity contribution in [2.75, 3.05) is 18.1 Å². The van der Waals surface area contributed by atoms with Crippen molar-refractivity contribution in [3.8, 4) is 0 Å². The number of fused-ring (bicyclic) bond motifs is 1. The molecule has 2 aromatic heterocycles. The molecule has 0 aromatic carbocycles. The van der Waals surface area contributed by atoms with Crippen LogP contribution in [-0.4, -0.2) is 32.5 Å². The van der Waals surface area contributed by atoms with Gasteiger partial charge in [-0.15, -0.1) is 0 Å². The van der Waals surface area contributed by atoms with Crippen LogP contribution in [0.2, 0.25) is 0 Å². The second-order valence-electron chi connectivity index (χ2n) is 4.88. The Balaban J connectivity index is 2.18. The smallest absolute Gasteiger partial charge is 0.198 e. The average molecular weight is 265 g/mol. The van der Waals surface area contributed by atoms with Gasteiger partial charge < -0.3 is 9.99 Å². The van der Waals surface area contributed by atoms with E-state index in [1.54, 1.807) is 0 Å². The predicted octanol–water partition coefficient (Wildman–Crippen LogP) is 2.12. The first kappa shape index (κ1) is 11.8. The molecule has 0 saturated carbocycles. The summed E-state index contributed by atoms with van der Waals surface area (Å²) in [6.07, 6.45) is 4.73. The molecule has 98 valence electrons. The van der Waals surface area contributed by atoms with Crippen LogP contribution in [0.25, 0.3) is 11.2 Å². The molecule has 0 amide bonds. The molecule has 2 aromatic rings. The first-order chi connectivity index (χ1) is 8.72. The van der Waals surface area contributed by atoms with E-state index in [0.717, 1.165) is 41.1 Å². The number of nitrogens with zero attached hydrogens (tertiary/aromatic N) is 4. The van der Waals surface area contributed by atoms with Crippen LogP contribution in [-0.2, 0) is 13.5 Å². The molecular formula is C12H19N5S. The van der Waals surface area contributed by atoms with Gasteiger partial charge in [0.1, 0.15) is 5.52 Å². The fourth-order valence-corrected chi connectivity index (χ4v) is 3.09. The molecule has 0 unspecified atom stereocenters. The average Bonchev–Trinajstić information content (AvgIpc) is 2.87. The molecule has 18 heavy (non-hydrogen) atoms. The number of aromatic amines is 1. The maximum absolute atomic E-state index is 5.48. The first-order valence-corrected chi connectivity index (χ1v) is 7.05. The quantitative estimate of drug-likeness (QED) is 0.846. The molecule has 5 nitrogen and oxygen atoms in total. The van der Waals surface area contributed by atoms with Gasteiger partial charge in [-0.1, -0.05) is 6.92 Å². The van der Waals surface area contributed by atoms with Crippen LogP contribution in [0.15, 0.2) is 0 Å². The number of nitrogens with one attached hydrogen (secondary N) is 1. The fraction of sp³-hybridized carbons (Fsp3) is 0.667. The normalized spacial score (nSPS) is 16.7. The van der Waals surface area contributed by atoms with Crippen LogP contribution in [0.5, 0.6) is 0 Å². The molecule has 0 spiro atoms. The summed E-state index contributed by atoms with van der Waals surface area (Å²) in [5.74, 6) is 0. The number of hydrogen-bond acceptors (Lipinski definition) is 3. The predicted molar refractivity (Wildman–Crippen MR) is 75.1 cm³/mol. The summed E-state index contributed by atoms with van der Waals surface area (Å²) in [5.41, 5.74) is 3.28. The molecule has 3 rings (SSSR count). The molecule has 3 heterocycles. The molecule has 1 fully saturated rings. The highest BCUT2D eigenvalue weighted by atomic mass is 32.1. The summed E-state index contributed by atoms with van der Waals surface area (Å²) in [4.78, 5) is 3.32. The van der Waals surface area contributed by atoms with Crippen molar-refractivity contribution in [2.45, 2.75) is 32.6 Å². The summed E-state index contributed by atoms with van der Waals surface area (Å²) in [6, 6.07) is 0. The SMILES string of the molecule is CCc1nn(C)c2c1[nH]c(=S)n2N1CCCCC1. The monoisotopic (exact) mass is 265 g/mol. The van der Waals surface area contributed by atoms with E-state index in [1.165, 1.54) is 19.3 Å². The largest absolute Gasteiger partial charge is 0.326 e. The minimum Gasteiger partial charge on any atom is -0.326 e. The minimum absolute atomic E-state index is 0.787. The van der Waals surface area contributed by atoms with Crippen molar-refractivity contribution in [3.05, 3.63) is 10.5 Å². The van der Waals surface area contributed by atoms with Crippen LogP contribution in [0.4, 0.5) is 0 Å². The standard InChI is InChI=1S/C12H19N5S/c1-3-9-10-11(15(2)14-9)17(12(18)13-10)16-7-5-4-6-8-16/h3-8H2,1-2H3,(H,13,18). The second-order valence-corrected chi connectivity index (χ2v) is 5.27. The summed E-state index contributed by atoms with van der Waals surface area (Å²) in [7, 11) is 1.99. The molecule has 0 radical (unpaired) electrons. The highest BCUT2D eigenvalue weighted by Crippen LogP contribution is 2.20. The summed E-state index contributed by atoms with van der Waals surface area (Å²) in [5, 5.41) is 6.90. The Morgan fingerprint density at radius 3 is 2.67 bits per heavy atom. The Morgan fingerprint density at radius 1 is 1.28 bits per heavy atom. The number of imidazole rings is 1. The van der Waals surface area contributed by atoms with E-state index in [4.69, 9.17) is 12.2 Å². The zero-order valence-corrected chi connectivity index (χ0v) is 11.8. The summed E-state index contributed by atoms with van der Waals surface area (Å²) >= 11 is 5.48. The van der Waals surface area contributed by atoms with Crippen LogP contribution in [0.1, 0.15) is 31.9 Å². The third-order valence-corrected chi connectivity index (χ3v) is 3.94. The molecule has 1 aliphatic heterocycles. The Bertz CT molecular complexity index is 614. The van der Waals surface area contributed by atoms with E-state index >= 15 is 0 Å². The molecule has 0 aliphatic carbocycles. The number of H-pyrrole nitrogens is 1. The van der Waals surface area contributed by atoms with Crippen molar-refractivity contribution >= 4 is 23.4 Å². The number of rotatable bonds is 2. The van der Waals surface area contributed by atoms with Crippen LogP contribution < -0.4 is 5.01 Å². The van der Waals surface area contributed by atoms with E-state index in [0.29, 0.717) is 0 Å². The zero-order chi connectivity index (χ0) is 12.7. The topological polar surface area (TPSA) is 41.8 Å². The second kappa shape index (κ2) is 4.42. The lowest BCUT2D eigenvalue weighted by molar-refractivity contribution is 0.477. The van der Waals surface area contributed by atoms with Gasteiger partial charge >= 0.3 is 0 Å². The van der Waals surface area contributed by atoms with Crippen molar-refractivity contribution in [3.63, 3.8) is 0 Å².